The number of hydrogen-bond acceptors (Lipinski definition) is 6. The van der Waals surface area contributed by atoms with Gasteiger partial charge in [-0.1, -0.05) is 5.16 Å². The van der Waals surface area contributed by atoms with Crippen molar-refractivity contribution >= 4 is 0 Å². The predicted molar refractivity (Wildman–Crippen MR) is 55.5 cm³/mol. The summed E-state index contributed by atoms with van der Waals surface area (Å²) in [5.41, 5.74) is 4.98. The second-order valence-electron chi connectivity index (χ2n) is 3.90. The van der Waals surface area contributed by atoms with Gasteiger partial charge in [0, 0.05) is 13.7 Å². The van der Waals surface area contributed by atoms with Gasteiger partial charge in [-0.25, -0.2) is 0 Å². The first kappa shape index (κ1) is 11.5. The maximum absolute atomic E-state index is 5.45. The van der Waals surface area contributed by atoms with Crippen molar-refractivity contribution in [3.8, 4) is 0 Å². The van der Waals surface area contributed by atoms with E-state index in [0.29, 0.717) is 31.5 Å². The van der Waals surface area contributed by atoms with Gasteiger partial charge in [-0.3, -0.25) is 0 Å². The standard InChI is InChI=1S/C10H17N3O3/c1-14-10(3-2-4-10)9-12-8(16-13-9)7-15-6-5-11/h2-7,11H2,1H3. The molecule has 0 aromatic carbocycles. The fourth-order valence-corrected chi connectivity index (χ4v) is 1.76. The molecule has 1 aliphatic rings. The normalized spacial score (nSPS) is 18.4. The molecule has 1 aliphatic carbocycles. The number of rotatable bonds is 6. The van der Waals surface area contributed by atoms with Gasteiger partial charge in [0.2, 0.25) is 5.82 Å². The molecule has 1 fully saturated rings. The average molecular weight is 227 g/mol. The molecule has 0 unspecified atom stereocenters. The molecule has 6 heteroatoms. The topological polar surface area (TPSA) is 83.4 Å². The predicted octanol–water partition coefficient (Wildman–Crippen LogP) is 0.570. The molecule has 0 saturated heterocycles. The number of hydrogen-bond donors (Lipinski definition) is 1. The van der Waals surface area contributed by atoms with Crippen molar-refractivity contribution < 1.29 is 14.0 Å². The van der Waals surface area contributed by atoms with E-state index in [9.17, 15) is 0 Å². The second-order valence-corrected chi connectivity index (χ2v) is 3.90. The van der Waals surface area contributed by atoms with Crippen LogP contribution in [0.1, 0.15) is 31.0 Å². The Morgan fingerprint density at radius 3 is 2.88 bits per heavy atom. The lowest BCUT2D eigenvalue weighted by Gasteiger charge is -2.37. The third-order valence-corrected chi connectivity index (χ3v) is 2.92. The Balaban J connectivity index is 1.96. The van der Waals surface area contributed by atoms with Gasteiger partial charge in [0.15, 0.2) is 0 Å². The Bertz CT molecular complexity index is 330. The highest BCUT2D eigenvalue weighted by atomic mass is 16.5. The van der Waals surface area contributed by atoms with E-state index in [1.165, 1.54) is 0 Å². The maximum atomic E-state index is 5.45. The summed E-state index contributed by atoms with van der Waals surface area (Å²) in [7, 11) is 1.68. The molecular weight excluding hydrogens is 210 g/mol. The van der Waals surface area contributed by atoms with Crippen molar-refractivity contribution in [1.82, 2.24) is 10.1 Å². The molecule has 1 saturated carbocycles. The van der Waals surface area contributed by atoms with E-state index in [4.69, 9.17) is 19.7 Å². The molecule has 1 heterocycles. The van der Waals surface area contributed by atoms with E-state index >= 15 is 0 Å². The molecule has 0 aliphatic heterocycles. The van der Waals surface area contributed by atoms with Crippen molar-refractivity contribution in [2.45, 2.75) is 31.5 Å². The minimum absolute atomic E-state index is 0.310. The van der Waals surface area contributed by atoms with Crippen LogP contribution >= 0.6 is 0 Å². The molecule has 1 aromatic rings. The van der Waals surface area contributed by atoms with Gasteiger partial charge in [-0.15, -0.1) is 0 Å². The Hall–Kier alpha value is -0.980. The lowest BCUT2D eigenvalue weighted by Crippen LogP contribution is -2.37. The third-order valence-electron chi connectivity index (χ3n) is 2.92. The van der Waals surface area contributed by atoms with E-state index in [1.54, 1.807) is 7.11 Å². The molecule has 0 spiro atoms. The van der Waals surface area contributed by atoms with Crippen LogP contribution in [0.3, 0.4) is 0 Å². The molecular formula is C10H17N3O3. The van der Waals surface area contributed by atoms with Crippen LogP contribution in [0, 0.1) is 0 Å². The zero-order valence-corrected chi connectivity index (χ0v) is 9.44. The summed E-state index contributed by atoms with van der Waals surface area (Å²) in [6.07, 6.45) is 3.04. The van der Waals surface area contributed by atoms with E-state index in [0.717, 1.165) is 19.3 Å². The van der Waals surface area contributed by atoms with Crippen molar-refractivity contribution in [3.63, 3.8) is 0 Å². The first-order valence-electron chi connectivity index (χ1n) is 5.47. The van der Waals surface area contributed by atoms with Gasteiger partial charge >= 0.3 is 0 Å². The third kappa shape index (κ3) is 2.09. The van der Waals surface area contributed by atoms with Crippen molar-refractivity contribution in [2.24, 2.45) is 5.73 Å². The van der Waals surface area contributed by atoms with Crippen LogP contribution in [-0.2, 0) is 21.7 Å². The Morgan fingerprint density at radius 2 is 2.31 bits per heavy atom. The van der Waals surface area contributed by atoms with E-state index in [-0.39, 0.29) is 5.60 Å². The zero-order valence-electron chi connectivity index (χ0n) is 9.44. The fourth-order valence-electron chi connectivity index (χ4n) is 1.76. The number of nitrogens with two attached hydrogens (primary N) is 1. The van der Waals surface area contributed by atoms with Gasteiger partial charge in [-0.2, -0.15) is 4.98 Å². The molecule has 6 nitrogen and oxygen atoms in total. The van der Waals surface area contributed by atoms with Gasteiger partial charge in [0.05, 0.1) is 6.61 Å². The second kappa shape index (κ2) is 4.90. The van der Waals surface area contributed by atoms with Crippen LogP contribution in [0.4, 0.5) is 0 Å². The summed E-state index contributed by atoms with van der Waals surface area (Å²) in [6, 6.07) is 0. The van der Waals surface area contributed by atoms with Crippen molar-refractivity contribution in [3.05, 3.63) is 11.7 Å². The first-order chi connectivity index (χ1) is 7.80. The summed E-state index contributed by atoms with van der Waals surface area (Å²) < 4.78 is 15.8. The number of ether oxygens (including phenoxy) is 2. The molecule has 16 heavy (non-hydrogen) atoms. The molecule has 90 valence electrons. The molecule has 0 radical (unpaired) electrons. The number of aromatic nitrogens is 2. The summed E-state index contributed by atoms with van der Waals surface area (Å²) in [5.74, 6) is 1.11. The van der Waals surface area contributed by atoms with Crippen LogP contribution < -0.4 is 5.73 Å². The van der Waals surface area contributed by atoms with Crippen molar-refractivity contribution in [1.29, 1.82) is 0 Å². The highest BCUT2D eigenvalue weighted by molar-refractivity contribution is 5.06. The first-order valence-corrected chi connectivity index (χ1v) is 5.47. The molecule has 0 atom stereocenters. The Labute approximate surface area is 94.1 Å². The molecule has 0 bridgehead atoms. The Morgan fingerprint density at radius 1 is 1.50 bits per heavy atom. The van der Waals surface area contributed by atoms with Crippen LogP contribution in [0.5, 0.6) is 0 Å². The summed E-state index contributed by atoms with van der Waals surface area (Å²) in [5, 5.41) is 3.94. The average Bonchev–Trinajstić information content (AvgIpc) is 2.67. The molecule has 0 amide bonds. The minimum Gasteiger partial charge on any atom is -0.370 e. The van der Waals surface area contributed by atoms with Gasteiger partial charge in [0.1, 0.15) is 12.2 Å². The lowest BCUT2D eigenvalue weighted by atomic mass is 9.79. The van der Waals surface area contributed by atoms with Crippen molar-refractivity contribution in [2.75, 3.05) is 20.3 Å². The molecule has 1 aromatic heterocycles. The summed E-state index contributed by atoms with van der Waals surface area (Å²) in [4.78, 5) is 4.28. The summed E-state index contributed by atoms with van der Waals surface area (Å²) in [6.45, 7) is 1.29. The maximum Gasteiger partial charge on any atom is 0.252 e. The quantitative estimate of drug-likeness (QED) is 0.715. The van der Waals surface area contributed by atoms with E-state index < -0.39 is 0 Å². The van der Waals surface area contributed by atoms with E-state index in [1.807, 2.05) is 0 Å². The van der Waals surface area contributed by atoms with Crippen LogP contribution in [0.15, 0.2) is 4.52 Å². The monoisotopic (exact) mass is 227 g/mol. The largest absolute Gasteiger partial charge is 0.370 e. The SMILES string of the molecule is COC1(c2noc(COCCN)n2)CCC1. The van der Waals surface area contributed by atoms with Gasteiger partial charge < -0.3 is 19.7 Å². The highest BCUT2D eigenvalue weighted by Crippen LogP contribution is 2.42. The summed E-state index contributed by atoms with van der Waals surface area (Å²) >= 11 is 0. The Kier molecular flexibility index (Phi) is 3.52. The fraction of sp³-hybridized carbons (Fsp3) is 0.800. The van der Waals surface area contributed by atoms with Gasteiger partial charge in [0.25, 0.3) is 5.89 Å². The van der Waals surface area contributed by atoms with Crippen LogP contribution in [-0.4, -0.2) is 30.4 Å². The van der Waals surface area contributed by atoms with E-state index in [2.05, 4.69) is 10.1 Å². The van der Waals surface area contributed by atoms with Gasteiger partial charge in [-0.05, 0) is 19.3 Å². The molecule has 2 N–H and O–H groups in total. The van der Waals surface area contributed by atoms with Crippen LogP contribution in [0.25, 0.3) is 0 Å². The smallest absolute Gasteiger partial charge is 0.252 e. The number of nitrogens with zero attached hydrogens (tertiary/aromatic N) is 2. The minimum atomic E-state index is -0.324. The number of methoxy groups -OCH3 is 1. The zero-order chi connectivity index (χ0) is 11.4. The highest BCUT2D eigenvalue weighted by Gasteiger charge is 2.43. The lowest BCUT2D eigenvalue weighted by molar-refractivity contribution is -0.0858. The molecule has 2 rings (SSSR count). The van der Waals surface area contributed by atoms with Crippen LogP contribution in [0.2, 0.25) is 0 Å².